The smallest absolute Gasteiger partial charge is 0.140 e. The molecule has 0 radical (unpaired) electrons. The monoisotopic (exact) mass is 258 g/mol. The number of hydrogen-bond donors (Lipinski definition) is 1. The molecule has 0 bridgehead atoms. The average molecular weight is 258 g/mol. The van der Waals surface area contributed by atoms with Gasteiger partial charge in [0, 0.05) is 33.1 Å². The molecule has 1 aromatic rings. The molecule has 1 fully saturated rings. The van der Waals surface area contributed by atoms with Gasteiger partial charge in [0.15, 0.2) is 0 Å². The summed E-state index contributed by atoms with van der Waals surface area (Å²) in [5.74, 6) is 1.08. The zero-order chi connectivity index (χ0) is 11.5. The zero-order valence-corrected chi connectivity index (χ0v) is 10.4. The highest BCUT2D eigenvalue weighted by molar-refractivity contribution is 8.03. The lowest BCUT2D eigenvalue weighted by atomic mass is 10.1. The zero-order valence-electron chi connectivity index (χ0n) is 8.74. The molecular formula is C11H14O3S2. The van der Waals surface area contributed by atoms with Crippen LogP contribution in [0.25, 0.3) is 0 Å². The SMILES string of the molecule is O=[S@@]1CCC[S@@](=O)C1[C@H](O)c1ccccc1. The summed E-state index contributed by atoms with van der Waals surface area (Å²) in [5, 5.41) is 10.1. The number of rotatable bonds is 2. The van der Waals surface area contributed by atoms with Crippen molar-refractivity contribution in [1.82, 2.24) is 0 Å². The Morgan fingerprint density at radius 1 is 1.12 bits per heavy atom. The van der Waals surface area contributed by atoms with Crippen LogP contribution in [0.5, 0.6) is 0 Å². The molecule has 1 aliphatic heterocycles. The van der Waals surface area contributed by atoms with Crippen molar-refractivity contribution in [1.29, 1.82) is 0 Å². The van der Waals surface area contributed by atoms with Crippen LogP contribution in [0.3, 0.4) is 0 Å². The van der Waals surface area contributed by atoms with Crippen molar-refractivity contribution in [2.75, 3.05) is 11.5 Å². The Morgan fingerprint density at radius 2 is 1.69 bits per heavy atom. The molecule has 0 aromatic heterocycles. The van der Waals surface area contributed by atoms with E-state index in [1.54, 1.807) is 12.1 Å². The van der Waals surface area contributed by atoms with E-state index in [9.17, 15) is 13.5 Å². The van der Waals surface area contributed by atoms with E-state index in [0.717, 1.165) is 6.42 Å². The summed E-state index contributed by atoms with van der Waals surface area (Å²) in [4.78, 5) is 0. The molecule has 1 saturated heterocycles. The van der Waals surface area contributed by atoms with Gasteiger partial charge in [0.1, 0.15) is 10.7 Å². The van der Waals surface area contributed by atoms with Crippen LogP contribution in [0.15, 0.2) is 30.3 Å². The van der Waals surface area contributed by atoms with Crippen LogP contribution in [0, 0.1) is 0 Å². The van der Waals surface area contributed by atoms with Crippen molar-refractivity contribution in [3.05, 3.63) is 35.9 Å². The molecule has 1 aromatic carbocycles. The van der Waals surface area contributed by atoms with Gasteiger partial charge in [-0.1, -0.05) is 30.3 Å². The van der Waals surface area contributed by atoms with E-state index in [1.807, 2.05) is 18.2 Å². The summed E-state index contributed by atoms with van der Waals surface area (Å²) >= 11 is 0. The van der Waals surface area contributed by atoms with E-state index >= 15 is 0 Å². The van der Waals surface area contributed by atoms with Crippen LogP contribution in [-0.4, -0.2) is 29.6 Å². The third kappa shape index (κ3) is 2.42. The molecule has 3 nitrogen and oxygen atoms in total. The average Bonchev–Trinajstić information content (AvgIpc) is 2.30. The van der Waals surface area contributed by atoms with Gasteiger partial charge in [0.05, 0.1) is 0 Å². The summed E-state index contributed by atoms with van der Waals surface area (Å²) in [5.41, 5.74) is 0.691. The standard InChI is InChI=1S/C11H14O3S2/c12-10(9-5-2-1-3-6-9)11-15(13)7-4-8-16(11)14/h1-3,5-6,10-12H,4,7-8H2/t10-,15-,16-/m1/s1. The first kappa shape index (κ1) is 12.0. The van der Waals surface area contributed by atoms with Crippen molar-refractivity contribution >= 4 is 21.6 Å². The Kier molecular flexibility index (Phi) is 3.89. The predicted molar refractivity (Wildman–Crippen MR) is 65.8 cm³/mol. The molecule has 16 heavy (non-hydrogen) atoms. The van der Waals surface area contributed by atoms with Crippen molar-refractivity contribution in [2.24, 2.45) is 0 Å². The summed E-state index contributed by atoms with van der Waals surface area (Å²) in [6, 6.07) is 9.02. The Hall–Kier alpha value is -0.520. The number of benzene rings is 1. The lowest BCUT2D eigenvalue weighted by Crippen LogP contribution is -2.35. The minimum absolute atomic E-state index is 0.542. The molecule has 0 aliphatic carbocycles. The molecule has 2 rings (SSSR count). The minimum Gasteiger partial charge on any atom is -0.386 e. The van der Waals surface area contributed by atoms with Gasteiger partial charge in [-0.2, -0.15) is 0 Å². The van der Waals surface area contributed by atoms with Gasteiger partial charge in [-0.25, -0.2) is 0 Å². The molecule has 0 amide bonds. The van der Waals surface area contributed by atoms with Crippen molar-refractivity contribution in [3.63, 3.8) is 0 Å². The number of aliphatic hydroxyl groups is 1. The maximum atomic E-state index is 11.8. The highest BCUT2D eigenvalue weighted by atomic mass is 32.2. The summed E-state index contributed by atoms with van der Waals surface area (Å²) in [7, 11) is -2.38. The largest absolute Gasteiger partial charge is 0.386 e. The van der Waals surface area contributed by atoms with Gasteiger partial charge in [-0.3, -0.25) is 8.42 Å². The van der Waals surface area contributed by atoms with Gasteiger partial charge in [0.2, 0.25) is 0 Å². The van der Waals surface area contributed by atoms with Gasteiger partial charge in [-0.05, 0) is 12.0 Å². The molecule has 0 spiro atoms. The first-order chi connectivity index (χ1) is 7.70. The van der Waals surface area contributed by atoms with Crippen molar-refractivity contribution in [2.45, 2.75) is 17.1 Å². The molecule has 88 valence electrons. The molecule has 5 heteroatoms. The Labute approximate surface area is 99.8 Å². The molecule has 1 aliphatic rings. The van der Waals surface area contributed by atoms with Gasteiger partial charge < -0.3 is 5.11 Å². The maximum Gasteiger partial charge on any atom is 0.140 e. The molecule has 3 atom stereocenters. The highest BCUT2D eigenvalue weighted by Gasteiger charge is 2.34. The second-order valence-corrected chi connectivity index (χ2v) is 7.40. The Bertz CT molecular complexity index is 389. The van der Waals surface area contributed by atoms with Crippen LogP contribution in [-0.2, 0) is 21.6 Å². The molecule has 1 N–H and O–H groups in total. The van der Waals surface area contributed by atoms with E-state index in [0.29, 0.717) is 17.1 Å². The number of aliphatic hydroxyl groups excluding tert-OH is 1. The van der Waals surface area contributed by atoms with E-state index in [4.69, 9.17) is 0 Å². The van der Waals surface area contributed by atoms with Crippen LogP contribution in [0.1, 0.15) is 18.1 Å². The van der Waals surface area contributed by atoms with Crippen LogP contribution in [0.2, 0.25) is 0 Å². The van der Waals surface area contributed by atoms with Crippen LogP contribution < -0.4 is 0 Å². The quantitative estimate of drug-likeness (QED) is 0.859. The number of hydrogen-bond acceptors (Lipinski definition) is 3. The van der Waals surface area contributed by atoms with Gasteiger partial charge >= 0.3 is 0 Å². The van der Waals surface area contributed by atoms with Crippen LogP contribution >= 0.6 is 0 Å². The second kappa shape index (κ2) is 5.21. The first-order valence-corrected chi connectivity index (χ1v) is 7.94. The van der Waals surface area contributed by atoms with Crippen LogP contribution in [0.4, 0.5) is 0 Å². The summed E-state index contributed by atoms with van der Waals surface area (Å²) in [6.07, 6.45) is -0.166. The van der Waals surface area contributed by atoms with Gasteiger partial charge in [0.25, 0.3) is 0 Å². The van der Waals surface area contributed by atoms with E-state index in [-0.39, 0.29) is 0 Å². The predicted octanol–water partition coefficient (Wildman–Crippen LogP) is 0.947. The minimum atomic E-state index is -1.19. The maximum absolute atomic E-state index is 11.8. The lowest BCUT2D eigenvalue weighted by molar-refractivity contribution is 0.193. The lowest BCUT2D eigenvalue weighted by Gasteiger charge is -2.25. The summed E-state index contributed by atoms with van der Waals surface area (Å²) in [6.45, 7) is 0. The molecule has 1 heterocycles. The van der Waals surface area contributed by atoms with E-state index in [1.165, 1.54) is 0 Å². The first-order valence-electron chi connectivity index (χ1n) is 5.17. The summed E-state index contributed by atoms with van der Waals surface area (Å²) < 4.78 is 22.9. The molecular weight excluding hydrogens is 244 g/mol. The van der Waals surface area contributed by atoms with E-state index in [2.05, 4.69) is 0 Å². The normalized spacial score (nSPS) is 28.8. The fraction of sp³-hybridized carbons (Fsp3) is 0.455. The third-order valence-corrected chi connectivity index (χ3v) is 6.83. The van der Waals surface area contributed by atoms with Gasteiger partial charge in [-0.15, -0.1) is 0 Å². The molecule has 0 saturated carbocycles. The fourth-order valence-electron chi connectivity index (χ4n) is 1.79. The topological polar surface area (TPSA) is 54.4 Å². The second-order valence-electron chi connectivity index (χ2n) is 3.75. The van der Waals surface area contributed by atoms with Crippen molar-refractivity contribution in [3.8, 4) is 0 Å². The Balaban J connectivity index is 2.23. The molecule has 0 unspecified atom stereocenters. The third-order valence-electron chi connectivity index (χ3n) is 2.61. The van der Waals surface area contributed by atoms with E-state index < -0.39 is 32.3 Å². The fourth-order valence-corrected chi connectivity index (χ4v) is 5.72. The van der Waals surface area contributed by atoms with Crippen molar-refractivity contribution < 1.29 is 13.5 Å². The Morgan fingerprint density at radius 3 is 2.25 bits per heavy atom. The highest BCUT2D eigenvalue weighted by Crippen LogP contribution is 2.26.